The van der Waals surface area contributed by atoms with Crippen molar-refractivity contribution < 1.29 is 9.18 Å². The van der Waals surface area contributed by atoms with E-state index in [4.69, 9.17) is 0 Å². The van der Waals surface area contributed by atoms with Crippen molar-refractivity contribution >= 4 is 23.4 Å². The molecule has 28 heavy (non-hydrogen) atoms. The Kier molecular flexibility index (Phi) is 5.16. The quantitative estimate of drug-likeness (QED) is 0.508. The average molecular weight is 394 g/mol. The number of amides is 1. The fourth-order valence-electron chi connectivity index (χ4n) is 2.59. The number of benzene rings is 1. The van der Waals surface area contributed by atoms with Gasteiger partial charge in [0.1, 0.15) is 5.82 Å². The smallest absolute Gasteiger partial charge is 0.234 e. The lowest BCUT2D eigenvalue weighted by atomic mass is 10.3. The van der Waals surface area contributed by atoms with E-state index < -0.39 is 5.82 Å². The van der Waals surface area contributed by atoms with Crippen LogP contribution in [-0.2, 0) is 4.79 Å². The van der Waals surface area contributed by atoms with Crippen molar-refractivity contribution in [1.29, 1.82) is 0 Å². The van der Waals surface area contributed by atoms with Crippen molar-refractivity contribution in [2.24, 2.45) is 0 Å². The first kappa shape index (κ1) is 17.9. The molecule has 1 amide bonds. The minimum absolute atomic E-state index is 0.100. The molecule has 0 unspecified atom stereocenters. The van der Waals surface area contributed by atoms with Crippen molar-refractivity contribution in [2.75, 3.05) is 11.1 Å². The molecule has 0 saturated heterocycles. The maximum Gasteiger partial charge on any atom is 0.234 e. The molecule has 3 heterocycles. The van der Waals surface area contributed by atoms with Crippen molar-refractivity contribution in [2.45, 2.75) is 5.16 Å². The molecular formula is C19H15FN6OS. The molecular weight excluding hydrogens is 379 g/mol. The molecule has 0 bridgehead atoms. The minimum Gasteiger partial charge on any atom is -0.325 e. The van der Waals surface area contributed by atoms with Crippen LogP contribution < -0.4 is 5.32 Å². The van der Waals surface area contributed by atoms with Crippen molar-refractivity contribution in [1.82, 2.24) is 24.5 Å². The van der Waals surface area contributed by atoms with E-state index in [0.717, 1.165) is 5.56 Å². The van der Waals surface area contributed by atoms with Gasteiger partial charge in [-0.15, -0.1) is 10.2 Å². The van der Waals surface area contributed by atoms with Crippen molar-refractivity contribution in [3.05, 3.63) is 79.1 Å². The van der Waals surface area contributed by atoms with Gasteiger partial charge in [0.15, 0.2) is 5.82 Å². The number of nitrogens with one attached hydrogen (secondary N) is 1. The van der Waals surface area contributed by atoms with Gasteiger partial charge in [-0.05, 0) is 42.5 Å². The van der Waals surface area contributed by atoms with Gasteiger partial charge in [-0.1, -0.05) is 17.8 Å². The lowest BCUT2D eigenvalue weighted by Gasteiger charge is -2.11. The highest BCUT2D eigenvalue weighted by atomic mass is 32.2. The van der Waals surface area contributed by atoms with Gasteiger partial charge in [-0.2, -0.15) is 0 Å². The fraction of sp³-hybridized carbons (Fsp3) is 0.0526. The highest BCUT2D eigenvalue weighted by molar-refractivity contribution is 7.99. The van der Waals surface area contributed by atoms with Crippen LogP contribution in [0.3, 0.4) is 0 Å². The molecule has 0 aliphatic rings. The zero-order chi connectivity index (χ0) is 19.3. The Hall–Kier alpha value is -3.46. The third-order valence-corrected chi connectivity index (χ3v) is 4.71. The Morgan fingerprint density at radius 1 is 1.11 bits per heavy atom. The van der Waals surface area contributed by atoms with Crippen molar-refractivity contribution in [3.8, 4) is 11.4 Å². The summed E-state index contributed by atoms with van der Waals surface area (Å²) in [5.74, 6) is 0.0417. The molecule has 0 aliphatic carbocycles. The van der Waals surface area contributed by atoms with Crippen molar-refractivity contribution in [3.63, 3.8) is 0 Å². The molecule has 0 atom stereocenters. The average Bonchev–Trinajstić information content (AvgIpc) is 3.36. The molecule has 0 spiro atoms. The third-order valence-electron chi connectivity index (χ3n) is 3.79. The summed E-state index contributed by atoms with van der Waals surface area (Å²) in [6.45, 7) is 0. The van der Waals surface area contributed by atoms with Crippen LogP contribution in [0.15, 0.2) is 78.5 Å². The van der Waals surface area contributed by atoms with Gasteiger partial charge in [0.05, 0.1) is 5.75 Å². The van der Waals surface area contributed by atoms with Crippen LogP contribution in [0, 0.1) is 5.82 Å². The lowest BCUT2D eigenvalue weighted by Crippen LogP contribution is -2.16. The summed E-state index contributed by atoms with van der Waals surface area (Å²) in [7, 11) is 0. The van der Waals surface area contributed by atoms with Gasteiger partial charge in [-0.25, -0.2) is 9.07 Å². The van der Waals surface area contributed by atoms with E-state index in [-0.39, 0.29) is 11.7 Å². The van der Waals surface area contributed by atoms with Crippen LogP contribution in [0.4, 0.5) is 10.1 Å². The van der Waals surface area contributed by atoms with E-state index in [1.807, 2.05) is 41.3 Å². The third kappa shape index (κ3) is 3.94. The van der Waals surface area contributed by atoms with Crippen LogP contribution in [0.2, 0.25) is 0 Å². The van der Waals surface area contributed by atoms with E-state index in [1.165, 1.54) is 23.9 Å². The number of rotatable bonds is 6. The van der Waals surface area contributed by atoms with Gasteiger partial charge in [-0.3, -0.25) is 14.5 Å². The lowest BCUT2D eigenvalue weighted by molar-refractivity contribution is -0.113. The largest absolute Gasteiger partial charge is 0.325 e. The number of carbonyl (C=O) groups is 1. The summed E-state index contributed by atoms with van der Waals surface area (Å²) in [5, 5.41) is 11.7. The number of pyridine rings is 1. The van der Waals surface area contributed by atoms with Gasteiger partial charge in [0.2, 0.25) is 11.1 Å². The molecule has 7 nitrogen and oxygen atoms in total. The molecule has 0 saturated carbocycles. The Morgan fingerprint density at radius 3 is 2.71 bits per heavy atom. The SMILES string of the molecule is O=C(CSc1nnc(-c2cccnc2)n1-n1cccc1)Nc1cccc(F)c1. The molecule has 9 heteroatoms. The summed E-state index contributed by atoms with van der Waals surface area (Å²) < 4.78 is 16.9. The normalized spacial score (nSPS) is 10.8. The van der Waals surface area contributed by atoms with E-state index in [2.05, 4.69) is 20.5 Å². The molecule has 0 radical (unpaired) electrons. The molecule has 140 valence electrons. The molecule has 3 aromatic heterocycles. The Balaban J connectivity index is 1.55. The number of aromatic nitrogens is 5. The summed E-state index contributed by atoms with van der Waals surface area (Å²) in [4.78, 5) is 16.4. The van der Waals surface area contributed by atoms with Gasteiger partial charge in [0, 0.05) is 36.0 Å². The molecule has 4 rings (SSSR count). The topological polar surface area (TPSA) is 77.6 Å². The zero-order valence-electron chi connectivity index (χ0n) is 14.6. The van der Waals surface area contributed by atoms with Gasteiger partial charge < -0.3 is 5.32 Å². The molecule has 4 aromatic rings. The number of halogens is 1. The highest BCUT2D eigenvalue weighted by Crippen LogP contribution is 2.24. The predicted molar refractivity (Wildman–Crippen MR) is 104 cm³/mol. The Morgan fingerprint density at radius 2 is 1.96 bits per heavy atom. The molecule has 0 fully saturated rings. The predicted octanol–water partition coefficient (Wildman–Crippen LogP) is 3.32. The first-order valence-electron chi connectivity index (χ1n) is 8.38. The van der Waals surface area contributed by atoms with Crippen LogP contribution in [0.1, 0.15) is 0 Å². The monoisotopic (exact) mass is 394 g/mol. The summed E-state index contributed by atoms with van der Waals surface area (Å²) in [5.41, 5.74) is 1.22. The van der Waals surface area contributed by atoms with Crippen LogP contribution in [-0.4, -0.2) is 36.2 Å². The summed E-state index contributed by atoms with van der Waals surface area (Å²) in [6.07, 6.45) is 7.11. The second-order valence-electron chi connectivity index (χ2n) is 5.77. The Labute approximate surface area is 164 Å². The second-order valence-corrected chi connectivity index (χ2v) is 6.71. The van der Waals surface area contributed by atoms with Crippen LogP contribution >= 0.6 is 11.8 Å². The number of anilines is 1. The van der Waals surface area contributed by atoms with Gasteiger partial charge >= 0.3 is 0 Å². The van der Waals surface area contributed by atoms with E-state index >= 15 is 0 Å². The Bertz CT molecular complexity index is 1080. The standard InChI is InChI=1S/C19H15FN6OS/c20-15-6-3-7-16(11-15)22-17(27)13-28-19-24-23-18(14-5-4-8-21-12-14)26(19)25-9-1-2-10-25/h1-12H,13H2,(H,22,27). The number of nitrogens with zero attached hydrogens (tertiary/aromatic N) is 5. The maximum absolute atomic E-state index is 13.3. The number of hydrogen-bond donors (Lipinski definition) is 1. The first-order chi connectivity index (χ1) is 13.7. The maximum atomic E-state index is 13.3. The number of carbonyl (C=O) groups excluding carboxylic acids is 1. The van der Waals surface area contributed by atoms with E-state index in [9.17, 15) is 9.18 Å². The molecule has 1 aromatic carbocycles. The number of hydrogen-bond acceptors (Lipinski definition) is 5. The fourth-order valence-corrected chi connectivity index (χ4v) is 3.32. The summed E-state index contributed by atoms with van der Waals surface area (Å²) >= 11 is 1.23. The highest BCUT2D eigenvalue weighted by Gasteiger charge is 2.17. The van der Waals surface area contributed by atoms with Gasteiger partial charge in [0.25, 0.3) is 0 Å². The minimum atomic E-state index is -0.404. The summed E-state index contributed by atoms with van der Waals surface area (Å²) in [6, 6.07) is 13.3. The zero-order valence-corrected chi connectivity index (χ0v) is 15.4. The molecule has 1 N–H and O–H groups in total. The molecule has 0 aliphatic heterocycles. The van der Waals surface area contributed by atoms with E-state index in [1.54, 1.807) is 29.2 Å². The first-order valence-corrected chi connectivity index (χ1v) is 9.37. The number of thioether (sulfide) groups is 1. The van der Waals surface area contributed by atoms with E-state index in [0.29, 0.717) is 16.7 Å². The second kappa shape index (κ2) is 8.05. The van der Waals surface area contributed by atoms with Crippen LogP contribution in [0.25, 0.3) is 11.4 Å². The van der Waals surface area contributed by atoms with Crippen LogP contribution in [0.5, 0.6) is 0 Å².